The van der Waals surface area contributed by atoms with E-state index < -0.39 is 0 Å². The van der Waals surface area contributed by atoms with E-state index in [0.717, 1.165) is 68.2 Å². The Morgan fingerprint density at radius 1 is 0.941 bits per heavy atom. The van der Waals surface area contributed by atoms with Gasteiger partial charge in [0.05, 0.1) is 32.0 Å². The molecule has 1 aliphatic carbocycles. The molecule has 1 aliphatic heterocycles. The van der Waals surface area contributed by atoms with Crippen molar-refractivity contribution in [2.75, 3.05) is 19.7 Å². The molecule has 5 nitrogen and oxygen atoms in total. The van der Waals surface area contributed by atoms with Crippen molar-refractivity contribution in [1.82, 2.24) is 19.4 Å². The van der Waals surface area contributed by atoms with Gasteiger partial charge >= 0.3 is 0 Å². The molecule has 5 rings (SSSR count). The molecule has 0 atom stereocenters. The largest absolute Gasteiger partial charge is 0.478 e. The number of nitrogens with zero attached hydrogens (tertiary/aromatic N) is 4. The maximum atomic E-state index is 6.71. The average Bonchev–Trinajstić information content (AvgIpc) is 3.16. The number of para-hydroxylation sites is 2. The van der Waals surface area contributed by atoms with Crippen LogP contribution >= 0.6 is 0 Å². The second-order valence-electron chi connectivity index (χ2n) is 10.4. The molecule has 2 fully saturated rings. The first-order valence-corrected chi connectivity index (χ1v) is 13.1. The molecule has 1 saturated carbocycles. The van der Waals surface area contributed by atoms with Crippen LogP contribution in [0.1, 0.15) is 75.2 Å². The third kappa shape index (κ3) is 5.48. The summed E-state index contributed by atoms with van der Waals surface area (Å²) >= 11 is 0. The SMILES string of the molecule is [B]C1(COc2cccc(C3CCN(Cc4nc5ccccc5n4C)CC3)n2)CCCCCCC1. The van der Waals surface area contributed by atoms with Crippen LogP contribution in [0.2, 0.25) is 5.31 Å². The lowest BCUT2D eigenvalue weighted by atomic mass is 9.62. The van der Waals surface area contributed by atoms with E-state index in [9.17, 15) is 0 Å². The Balaban J connectivity index is 1.16. The third-order valence-corrected chi connectivity index (χ3v) is 7.85. The molecule has 0 bridgehead atoms. The molecule has 0 amide bonds. The topological polar surface area (TPSA) is 43.2 Å². The number of likely N-dealkylation sites (tertiary alicyclic amines) is 1. The van der Waals surface area contributed by atoms with Crippen LogP contribution in [0.25, 0.3) is 11.0 Å². The Bertz CT molecular complexity index is 1080. The Morgan fingerprint density at radius 3 is 2.44 bits per heavy atom. The number of fused-ring (bicyclic) bond motifs is 1. The summed E-state index contributed by atoms with van der Waals surface area (Å²) < 4.78 is 8.39. The molecule has 0 N–H and O–H groups in total. The lowest BCUT2D eigenvalue weighted by Crippen LogP contribution is -2.33. The second-order valence-corrected chi connectivity index (χ2v) is 10.4. The van der Waals surface area contributed by atoms with E-state index in [-0.39, 0.29) is 5.31 Å². The Kier molecular flexibility index (Phi) is 7.24. The normalized spacial score (nSPS) is 20.1. The smallest absolute Gasteiger partial charge is 0.213 e. The fourth-order valence-electron chi connectivity index (χ4n) is 5.63. The minimum absolute atomic E-state index is 0.209. The maximum absolute atomic E-state index is 6.71. The van der Waals surface area contributed by atoms with Gasteiger partial charge in [0, 0.05) is 24.7 Å². The van der Waals surface area contributed by atoms with Gasteiger partial charge in [-0.25, -0.2) is 9.97 Å². The van der Waals surface area contributed by atoms with Crippen molar-refractivity contribution < 1.29 is 4.74 Å². The van der Waals surface area contributed by atoms with E-state index in [4.69, 9.17) is 22.6 Å². The minimum atomic E-state index is -0.209. The number of ether oxygens (including phenoxy) is 1. The average molecular weight is 456 g/mol. The summed E-state index contributed by atoms with van der Waals surface area (Å²) in [6.07, 6.45) is 10.7. The zero-order chi connectivity index (χ0) is 23.4. The van der Waals surface area contributed by atoms with Gasteiger partial charge in [-0.2, -0.15) is 0 Å². The molecule has 3 aromatic rings. The van der Waals surface area contributed by atoms with Crippen LogP contribution in [0.5, 0.6) is 5.88 Å². The van der Waals surface area contributed by atoms with Gasteiger partial charge in [0.1, 0.15) is 5.82 Å². The molecule has 2 aliphatic rings. The van der Waals surface area contributed by atoms with Crippen LogP contribution in [0.15, 0.2) is 42.5 Å². The van der Waals surface area contributed by atoms with Gasteiger partial charge in [-0.15, -0.1) is 0 Å². The quantitative estimate of drug-likeness (QED) is 0.440. The molecule has 34 heavy (non-hydrogen) atoms. The summed E-state index contributed by atoms with van der Waals surface area (Å²) in [5.41, 5.74) is 3.44. The monoisotopic (exact) mass is 456 g/mol. The van der Waals surface area contributed by atoms with Gasteiger partial charge < -0.3 is 9.30 Å². The van der Waals surface area contributed by atoms with Crippen LogP contribution < -0.4 is 4.74 Å². The molecule has 3 heterocycles. The van der Waals surface area contributed by atoms with E-state index in [1.165, 1.54) is 37.6 Å². The van der Waals surface area contributed by atoms with E-state index in [2.05, 4.69) is 52.9 Å². The van der Waals surface area contributed by atoms with Crippen LogP contribution in [0.4, 0.5) is 0 Å². The number of aryl methyl sites for hydroxylation is 1. The summed E-state index contributed by atoms with van der Waals surface area (Å²) in [6.45, 7) is 3.59. The Morgan fingerprint density at radius 2 is 1.68 bits per heavy atom. The molecule has 2 radical (unpaired) electrons. The molecule has 1 aromatic carbocycles. The maximum Gasteiger partial charge on any atom is 0.213 e. The molecule has 0 unspecified atom stereocenters. The predicted molar refractivity (Wildman–Crippen MR) is 138 cm³/mol. The van der Waals surface area contributed by atoms with Gasteiger partial charge in [-0.3, -0.25) is 4.90 Å². The Labute approximate surface area is 205 Å². The van der Waals surface area contributed by atoms with Crippen LogP contribution in [-0.4, -0.2) is 47.0 Å². The summed E-state index contributed by atoms with van der Waals surface area (Å²) in [6, 6.07) is 14.6. The van der Waals surface area contributed by atoms with Gasteiger partial charge in [-0.05, 0) is 49.4 Å². The van der Waals surface area contributed by atoms with Gasteiger partial charge in [-0.1, -0.05) is 63.1 Å². The molecule has 178 valence electrons. The van der Waals surface area contributed by atoms with Crippen molar-refractivity contribution in [3.05, 3.63) is 54.0 Å². The third-order valence-electron chi connectivity index (χ3n) is 7.85. The Hall–Kier alpha value is -2.34. The number of aromatic nitrogens is 3. The fourth-order valence-corrected chi connectivity index (χ4v) is 5.63. The standard InChI is InChI=1S/C28H37BN4O/c1-32-25-12-6-5-10-24(25)30-26(32)20-33-18-14-22(15-19-33)23-11-9-13-27(31-23)34-21-28(29)16-7-3-2-4-8-17-28/h5-6,9-13,22H,2-4,7-8,14-21H2,1H3. The second kappa shape index (κ2) is 10.5. The summed E-state index contributed by atoms with van der Waals surface area (Å²) in [5, 5.41) is -0.209. The number of hydrogen-bond donors (Lipinski definition) is 0. The first kappa shape index (κ1) is 23.4. The number of pyridine rings is 1. The van der Waals surface area contributed by atoms with Gasteiger partial charge in [0.15, 0.2) is 0 Å². The highest BCUT2D eigenvalue weighted by Crippen LogP contribution is 2.38. The molecular weight excluding hydrogens is 419 g/mol. The highest BCUT2D eigenvalue weighted by Gasteiger charge is 2.26. The number of hydrogen-bond acceptors (Lipinski definition) is 4. The van der Waals surface area contributed by atoms with Crippen molar-refractivity contribution in [2.45, 2.75) is 75.6 Å². The van der Waals surface area contributed by atoms with Crippen molar-refractivity contribution in [3.63, 3.8) is 0 Å². The van der Waals surface area contributed by atoms with E-state index >= 15 is 0 Å². The van der Waals surface area contributed by atoms with Crippen LogP contribution in [0, 0.1) is 0 Å². The molecular formula is C28H37BN4O. The first-order chi connectivity index (χ1) is 16.6. The van der Waals surface area contributed by atoms with Crippen molar-refractivity contribution in [3.8, 4) is 5.88 Å². The summed E-state index contributed by atoms with van der Waals surface area (Å²) in [4.78, 5) is 12.3. The van der Waals surface area contributed by atoms with Gasteiger partial charge in [0.2, 0.25) is 5.88 Å². The number of benzene rings is 1. The van der Waals surface area contributed by atoms with E-state index in [1.807, 2.05) is 6.07 Å². The fraction of sp³-hybridized carbons (Fsp3) is 0.571. The van der Waals surface area contributed by atoms with Gasteiger partial charge in [0.25, 0.3) is 0 Å². The zero-order valence-corrected chi connectivity index (χ0v) is 20.6. The molecule has 2 aromatic heterocycles. The highest BCUT2D eigenvalue weighted by atomic mass is 16.5. The first-order valence-electron chi connectivity index (χ1n) is 13.1. The highest BCUT2D eigenvalue weighted by molar-refractivity contribution is 6.15. The molecule has 0 spiro atoms. The zero-order valence-electron chi connectivity index (χ0n) is 20.6. The number of rotatable bonds is 6. The molecule has 6 heteroatoms. The summed E-state index contributed by atoms with van der Waals surface area (Å²) in [5.74, 6) is 2.35. The van der Waals surface area contributed by atoms with Crippen molar-refractivity contribution in [2.24, 2.45) is 7.05 Å². The number of imidazole rings is 1. The van der Waals surface area contributed by atoms with E-state index in [1.54, 1.807) is 0 Å². The number of piperidine rings is 1. The van der Waals surface area contributed by atoms with Crippen LogP contribution in [-0.2, 0) is 13.6 Å². The van der Waals surface area contributed by atoms with Crippen molar-refractivity contribution >= 4 is 18.9 Å². The van der Waals surface area contributed by atoms with Crippen molar-refractivity contribution in [1.29, 1.82) is 0 Å². The van der Waals surface area contributed by atoms with Crippen LogP contribution in [0.3, 0.4) is 0 Å². The lowest BCUT2D eigenvalue weighted by molar-refractivity contribution is 0.196. The molecule has 1 saturated heterocycles. The predicted octanol–water partition coefficient (Wildman–Crippen LogP) is 5.80. The van der Waals surface area contributed by atoms with E-state index in [0.29, 0.717) is 12.5 Å². The minimum Gasteiger partial charge on any atom is -0.478 e. The summed E-state index contributed by atoms with van der Waals surface area (Å²) in [7, 11) is 8.83. The lowest BCUT2D eigenvalue weighted by Gasteiger charge is -2.32.